The molecule has 0 aliphatic heterocycles. The van der Waals surface area contributed by atoms with Crippen molar-refractivity contribution in [2.75, 3.05) is 7.11 Å². The minimum Gasteiger partial charge on any atom is -0.481 e. The second-order valence-electron chi connectivity index (χ2n) is 8.47. The molecule has 0 radical (unpaired) electrons. The first-order chi connectivity index (χ1) is 16.8. The Morgan fingerprint density at radius 1 is 1.06 bits per heavy atom. The van der Waals surface area contributed by atoms with Gasteiger partial charge in [0.2, 0.25) is 5.88 Å². The van der Waals surface area contributed by atoms with E-state index in [-0.39, 0.29) is 5.78 Å². The summed E-state index contributed by atoms with van der Waals surface area (Å²) < 4.78 is 13.0. The molecule has 0 saturated carbocycles. The highest BCUT2D eigenvalue weighted by Gasteiger charge is 2.23. The summed E-state index contributed by atoms with van der Waals surface area (Å²) >= 11 is 0. The van der Waals surface area contributed by atoms with E-state index in [0.29, 0.717) is 41.4 Å². The molecule has 2 aromatic heterocycles. The normalized spacial score (nSPS) is 11.9. The van der Waals surface area contributed by atoms with Crippen LogP contribution >= 0.6 is 0 Å². The highest BCUT2D eigenvalue weighted by molar-refractivity contribution is 6.17. The summed E-state index contributed by atoms with van der Waals surface area (Å²) in [6, 6.07) is 18.5. The lowest BCUT2D eigenvalue weighted by Crippen LogP contribution is -2.25. The first-order valence-corrected chi connectivity index (χ1v) is 11.5. The molecule has 0 aliphatic rings. The number of hydrogen-bond acceptors (Lipinski definition) is 5. The number of carbonyl (C=O) groups excluding carboxylic acids is 1. The Morgan fingerprint density at radius 3 is 2.46 bits per heavy atom. The quantitative estimate of drug-likeness (QED) is 0.338. The number of pyridine rings is 1. The molecule has 180 valence electrons. The van der Waals surface area contributed by atoms with E-state index in [1.54, 1.807) is 26.2 Å². The Labute approximate surface area is 203 Å². The zero-order valence-electron chi connectivity index (χ0n) is 20.2. The number of ketones is 1. The number of aromatic nitrogens is 2. The van der Waals surface area contributed by atoms with Gasteiger partial charge in [-0.2, -0.15) is 4.98 Å². The Morgan fingerprint density at radius 2 is 1.80 bits per heavy atom. The highest BCUT2D eigenvalue weighted by atomic mass is 16.5. The molecule has 2 aromatic carbocycles. The van der Waals surface area contributed by atoms with Crippen LogP contribution in [0.5, 0.6) is 11.6 Å². The number of nitrogens with zero attached hydrogens (tertiary/aromatic N) is 2. The zero-order chi connectivity index (χ0) is 25.1. The molecular formula is C28H28N2O5. The van der Waals surface area contributed by atoms with Crippen molar-refractivity contribution in [2.45, 2.75) is 39.8 Å². The van der Waals surface area contributed by atoms with E-state index in [4.69, 9.17) is 9.47 Å². The molecule has 4 rings (SSSR count). The number of ether oxygens (including phenoxy) is 2. The summed E-state index contributed by atoms with van der Waals surface area (Å²) in [4.78, 5) is 29.6. The average Bonchev–Trinajstić information content (AvgIpc) is 3.12. The first kappa shape index (κ1) is 24.0. The monoisotopic (exact) mass is 472 g/mol. The molecular weight excluding hydrogens is 444 g/mol. The predicted octanol–water partition coefficient (Wildman–Crippen LogP) is 5.18. The van der Waals surface area contributed by atoms with Gasteiger partial charge in [-0.25, -0.2) is 4.79 Å². The van der Waals surface area contributed by atoms with Crippen molar-refractivity contribution in [1.82, 2.24) is 9.55 Å². The third kappa shape index (κ3) is 4.89. The number of carboxylic acids is 1. The van der Waals surface area contributed by atoms with Gasteiger partial charge in [0, 0.05) is 29.3 Å². The van der Waals surface area contributed by atoms with Crippen LogP contribution in [0.1, 0.15) is 46.1 Å². The summed E-state index contributed by atoms with van der Waals surface area (Å²) in [7, 11) is 1.56. The van der Waals surface area contributed by atoms with Gasteiger partial charge in [-0.1, -0.05) is 48.9 Å². The average molecular weight is 473 g/mol. The van der Waals surface area contributed by atoms with Crippen LogP contribution in [-0.2, 0) is 11.3 Å². The Balaban J connectivity index is 1.77. The lowest BCUT2D eigenvalue weighted by molar-refractivity contribution is -0.145. The topological polar surface area (TPSA) is 90.7 Å². The SMILES string of the molecule is CCC(Oc1cccc(Cn2c(C)c(C(=O)c3ccc(C)cc3)c3ccc(OC)nc32)c1)C(=O)O. The van der Waals surface area contributed by atoms with Gasteiger partial charge in [0.15, 0.2) is 11.9 Å². The van der Waals surface area contributed by atoms with E-state index in [0.717, 1.165) is 22.2 Å². The number of carbonyl (C=O) groups is 2. The van der Waals surface area contributed by atoms with E-state index in [1.807, 2.05) is 66.9 Å². The largest absolute Gasteiger partial charge is 0.481 e. The number of rotatable bonds is 9. The molecule has 1 unspecified atom stereocenters. The van der Waals surface area contributed by atoms with Crippen LogP contribution in [0.25, 0.3) is 11.0 Å². The number of aliphatic carboxylic acids is 1. The fraction of sp³-hybridized carbons (Fsp3) is 0.250. The van der Waals surface area contributed by atoms with Gasteiger partial charge < -0.3 is 19.1 Å². The third-order valence-electron chi connectivity index (χ3n) is 6.05. The van der Waals surface area contributed by atoms with Crippen molar-refractivity contribution in [3.63, 3.8) is 0 Å². The Hall–Kier alpha value is -4.13. The van der Waals surface area contributed by atoms with Crippen LogP contribution < -0.4 is 9.47 Å². The van der Waals surface area contributed by atoms with Gasteiger partial charge in [0.05, 0.1) is 12.7 Å². The van der Waals surface area contributed by atoms with Gasteiger partial charge in [-0.05, 0) is 44.0 Å². The predicted molar refractivity (Wildman–Crippen MR) is 134 cm³/mol. The van der Waals surface area contributed by atoms with Crippen molar-refractivity contribution in [3.8, 4) is 11.6 Å². The summed E-state index contributed by atoms with van der Waals surface area (Å²) in [5.41, 5.74) is 4.62. The maximum absolute atomic E-state index is 13.5. The van der Waals surface area contributed by atoms with E-state index >= 15 is 0 Å². The van der Waals surface area contributed by atoms with E-state index in [2.05, 4.69) is 4.98 Å². The fourth-order valence-corrected chi connectivity index (χ4v) is 4.14. The summed E-state index contributed by atoms with van der Waals surface area (Å²) in [6.45, 7) is 6.08. The van der Waals surface area contributed by atoms with Crippen molar-refractivity contribution in [2.24, 2.45) is 0 Å². The molecule has 0 spiro atoms. The van der Waals surface area contributed by atoms with Gasteiger partial charge in [-0.3, -0.25) is 4.79 Å². The number of hydrogen-bond donors (Lipinski definition) is 1. The lowest BCUT2D eigenvalue weighted by Gasteiger charge is -2.15. The van der Waals surface area contributed by atoms with Crippen LogP contribution in [0.2, 0.25) is 0 Å². The van der Waals surface area contributed by atoms with Crippen LogP contribution in [0.3, 0.4) is 0 Å². The smallest absolute Gasteiger partial charge is 0.344 e. The van der Waals surface area contributed by atoms with Crippen LogP contribution in [0.15, 0.2) is 60.7 Å². The fourth-order valence-electron chi connectivity index (χ4n) is 4.14. The molecule has 7 nitrogen and oxygen atoms in total. The van der Waals surface area contributed by atoms with E-state index in [1.165, 1.54) is 0 Å². The lowest BCUT2D eigenvalue weighted by atomic mass is 10.0. The Kier molecular flexibility index (Phi) is 6.87. The van der Waals surface area contributed by atoms with Gasteiger partial charge in [-0.15, -0.1) is 0 Å². The molecule has 35 heavy (non-hydrogen) atoms. The molecule has 4 aromatic rings. The van der Waals surface area contributed by atoms with Crippen molar-refractivity contribution in [1.29, 1.82) is 0 Å². The van der Waals surface area contributed by atoms with Crippen molar-refractivity contribution < 1.29 is 24.2 Å². The number of methoxy groups -OCH3 is 1. The highest BCUT2D eigenvalue weighted by Crippen LogP contribution is 2.30. The first-order valence-electron chi connectivity index (χ1n) is 11.5. The second-order valence-corrected chi connectivity index (χ2v) is 8.47. The molecule has 0 amide bonds. The number of benzene rings is 2. The van der Waals surface area contributed by atoms with Gasteiger partial charge in [0.25, 0.3) is 0 Å². The van der Waals surface area contributed by atoms with Crippen LogP contribution in [0, 0.1) is 13.8 Å². The zero-order valence-corrected chi connectivity index (χ0v) is 20.2. The maximum Gasteiger partial charge on any atom is 0.344 e. The Bertz CT molecular complexity index is 1390. The standard InChI is InChI=1S/C28H28N2O5/c1-5-23(28(32)33)35-21-8-6-7-19(15-21)16-30-18(3)25(22-13-14-24(34-4)29-27(22)30)26(31)20-11-9-17(2)10-12-20/h6-15,23H,5,16H2,1-4H3,(H,32,33). The minimum atomic E-state index is -0.999. The summed E-state index contributed by atoms with van der Waals surface area (Å²) in [5.74, 6) is -0.134. The van der Waals surface area contributed by atoms with Gasteiger partial charge in [0.1, 0.15) is 11.4 Å². The molecule has 1 atom stereocenters. The molecule has 0 fully saturated rings. The molecule has 0 saturated heterocycles. The molecule has 7 heteroatoms. The number of fused-ring (bicyclic) bond motifs is 1. The number of carboxylic acid groups (broad SMARTS) is 1. The minimum absolute atomic E-state index is 0.0671. The van der Waals surface area contributed by atoms with Gasteiger partial charge >= 0.3 is 5.97 Å². The second kappa shape index (κ2) is 10.0. The maximum atomic E-state index is 13.5. The summed E-state index contributed by atoms with van der Waals surface area (Å²) in [6.07, 6.45) is -0.557. The molecule has 0 bridgehead atoms. The molecule has 1 N–H and O–H groups in total. The third-order valence-corrected chi connectivity index (χ3v) is 6.05. The van der Waals surface area contributed by atoms with Crippen molar-refractivity contribution >= 4 is 22.8 Å². The van der Waals surface area contributed by atoms with Crippen molar-refractivity contribution in [3.05, 3.63) is 88.6 Å². The van der Waals surface area contributed by atoms with Crippen LogP contribution in [-0.4, -0.2) is 39.6 Å². The van der Waals surface area contributed by atoms with E-state index < -0.39 is 12.1 Å². The molecule has 2 heterocycles. The molecule has 0 aliphatic carbocycles. The van der Waals surface area contributed by atoms with Crippen LogP contribution in [0.4, 0.5) is 0 Å². The number of aryl methyl sites for hydroxylation is 1. The summed E-state index contributed by atoms with van der Waals surface area (Å²) in [5, 5.41) is 10.1. The van der Waals surface area contributed by atoms with E-state index in [9.17, 15) is 14.7 Å².